The van der Waals surface area contributed by atoms with Gasteiger partial charge in [-0.1, -0.05) is 31.9 Å². The zero-order valence-corrected chi connectivity index (χ0v) is 11.4. The van der Waals surface area contributed by atoms with Crippen LogP contribution in [0.2, 0.25) is 0 Å². The van der Waals surface area contributed by atoms with Crippen LogP contribution in [0.1, 0.15) is 38.2 Å². The first-order valence-electron chi connectivity index (χ1n) is 6.96. The summed E-state index contributed by atoms with van der Waals surface area (Å²) in [6.07, 6.45) is 4.82. The van der Waals surface area contributed by atoms with Crippen LogP contribution < -0.4 is 10.6 Å². The number of hydrogen-bond acceptors (Lipinski definition) is 2. The normalized spacial score (nSPS) is 17.2. The molecule has 19 heavy (non-hydrogen) atoms. The molecular weight excluding hydrogens is 240 g/mol. The van der Waals surface area contributed by atoms with Crippen LogP contribution >= 0.6 is 0 Å². The molecule has 0 radical (unpaired) electrons. The van der Waals surface area contributed by atoms with Crippen molar-refractivity contribution in [2.45, 2.75) is 44.6 Å². The Hall–Kier alpha value is -1.55. The molecule has 1 aromatic rings. The Morgan fingerprint density at radius 3 is 2.42 bits per heavy atom. The van der Waals surface area contributed by atoms with Crippen molar-refractivity contribution >= 4 is 11.7 Å². The van der Waals surface area contributed by atoms with Crippen molar-refractivity contribution in [2.75, 3.05) is 11.9 Å². The lowest BCUT2D eigenvalue weighted by Gasteiger charge is -2.27. The Morgan fingerprint density at radius 2 is 1.89 bits per heavy atom. The number of carbonyl (C=O) groups is 1. The molecule has 2 rings (SSSR count). The van der Waals surface area contributed by atoms with E-state index in [0.29, 0.717) is 0 Å². The molecule has 2 amide bonds. The maximum Gasteiger partial charge on any atom is 0.319 e. The van der Waals surface area contributed by atoms with Gasteiger partial charge in [-0.2, -0.15) is 0 Å². The summed E-state index contributed by atoms with van der Waals surface area (Å²) in [5.41, 5.74) is 1.60. The smallest absolute Gasteiger partial charge is 0.319 e. The minimum absolute atomic E-state index is 0.00912. The number of aliphatic hydroxyl groups is 1. The largest absolute Gasteiger partial charge is 0.394 e. The minimum Gasteiger partial charge on any atom is -0.394 e. The molecule has 0 spiro atoms. The van der Waals surface area contributed by atoms with Crippen LogP contribution in [0, 0.1) is 0 Å². The predicted octanol–water partition coefficient (Wildman–Crippen LogP) is 2.68. The van der Waals surface area contributed by atoms with Crippen molar-refractivity contribution in [1.82, 2.24) is 5.32 Å². The first-order chi connectivity index (χ1) is 9.17. The molecule has 0 atom stereocenters. The van der Waals surface area contributed by atoms with E-state index in [9.17, 15) is 9.90 Å². The first-order valence-corrected chi connectivity index (χ1v) is 6.96. The summed E-state index contributed by atoms with van der Waals surface area (Å²) < 4.78 is 0. The Balaban J connectivity index is 1.93. The number of benzene rings is 1. The molecule has 1 saturated carbocycles. The summed E-state index contributed by atoms with van der Waals surface area (Å²) in [4.78, 5) is 12.0. The van der Waals surface area contributed by atoms with Gasteiger partial charge in [-0.05, 0) is 37.0 Å². The maximum atomic E-state index is 12.0. The summed E-state index contributed by atoms with van der Waals surface area (Å²) >= 11 is 0. The molecule has 0 saturated heterocycles. The Morgan fingerprint density at radius 1 is 1.26 bits per heavy atom. The van der Waals surface area contributed by atoms with Gasteiger partial charge in [-0.3, -0.25) is 0 Å². The van der Waals surface area contributed by atoms with Crippen molar-refractivity contribution in [3.8, 4) is 0 Å². The molecule has 0 bridgehead atoms. The molecule has 1 aliphatic carbocycles. The lowest BCUT2D eigenvalue weighted by molar-refractivity contribution is 0.167. The Bertz CT molecular complexity index is 422. The quantitative estimate of drug-likeness (QED) is 0.781. The van der Waals surface area contributed by atoms with Gasteiger partial charge in [0.05, 0.1) is 12.1 Å². The fourth-order valence-electron chi connectivity index (χ4n) is 2.60. The van der Waals surface area contributed by atoms with Gasteiger partial charge in [0.2, 0.25) is 0 Å². The standard InChI is InChI=1S/C15H22N2O2/c1-2-12-5-7-13(8-6-12)16-14(19)17-15(11-18)9-3-4-10-15/h5-8,18H,2-4,9-11H2,1H3,(H2,16,17,19). The third kappa shape index (κ3) is 3.47. The molecular formula is C15H22N2O2. The molecule has 1 aliphatic rings. The van der Waals surface area contributed by atoms with Gasteiger partial charge < -0.3 is 15.7 Å². The molecule has 4 nitrogen and oxygen atoms in total. The van der Waals surface area contributed by atoms with E-state index < -0.39 is 5.54 Å². The molecule has 3 N–H and O–H groups in total. The second-order valence-electron chi connectivity index (χ2n) is 5.28. The van der Waals surface area contributed by atoms with Crippen molar-refractivity contribution in [3.63, 3.8) is 0 Å². The molecule has 1 fully saturated rings. The van der Waals surface area contributed by atoms with Crippen molar-refractivity contribution in [3.05, 3.63) is 29.8 Å². The van der Waals surface area contributed by atoms with Crippen LogP contribution in [-0.2, 0) is 6.42 Å². The van der Waals surface area contributed by atoms with Gasteiger partial charge in [0.25, 0.3) is 0 Å². The molecule has 1 aromatic carbocycles. The Labute approximate surface area is 114 Å². The summed E-state index contributed by atoms with van der Waals surface area (Å²) in [6.45, 7) is 2.11. The minimum atomic E-state index is -0.423. The van der Waals surface area contributed by atoms with Gasteiger partial charge in [0.1, 0.15) is 0 Å². The number of aryl methyl sites for hydroxylation is 1. The van der Waals surface area contributed by atoms with Crippen LogP contribution in [-0.4, -0.2) is 23.3 Å². The first kappa shape index (κ1) is 13.9. The summed E-state index contributed by atoms with van der Waals surface area (Å²) in [7, 11) is 0. The summed E-state index contributed by atoms with van der Waals surface area (Å²) in [5, 5.41) is 15.2. The van der Waals surface area contributed by atoms with Gasteiger partial charge >= 0.3 is 6.03 Å². The number of nitrogens with one attached hydrogen (secondary N) is 2. The topological polar surface area (TPSA) is 61.4 Å². The number of hydrogen-bond donors (Lipinski definition) is 3. The fraction of sp³-hybridized carbons (Fsp3) is 0.533. The molecule has 0 heterocycles. The van der Waals surface area contributed by atoms with Gasteiger partial charge in [0.15, 0.2) is 0 Å². The Kier molecular flexibility index (Phi) is 4.43. The average molecular weight is 262 g/mol. The molecule has 0 aromatic heterocycles. The number of carbonyl (C=O) groups excluding carboxylic acids is 1. The van der Waals surface area contributed by atoms with Crippen molar-refractivity contribution in [2.24, 2.45) is 0 Å². The highest BCUT2D eigenvalue weighted by Gasteiger charge is 2.34. The fourth-order valence-corrected chi connectivity index (χ4v) is 2.60. The predicted molar refractivity (Wildman–Crippen MR) is 76.3 cm³/mol. The lowest BCUT2D eigenvalue weighted by atomic mass is 9.99. The molecule has 0 aliphatic heterocycles. The molecule has 0 unspecified atom stereocenters. The van der Waals surface area contributed by atoms with E-state index in [1.807, 2.05) is 24.3 Å². The van der Waals surface area contributed by atoms with E-state index in [0.717, 1.165) is 37.8 Å². The number of aliphatic hydroxyl groups excluding tert-OH is 1. The highest BCUT2D eigenvalue weighted by molar-refractivity contribution is 5.89. The van der Waals surface area contributed by atoms with Crippen LogP contribution in [0.5, 0.6) is 0 Å². The van der Waals surface area contributed by atoms with E-state index in [2.05, 4.69) is 17.6 Å². The number of anilines is 1. The third-order valence-electron chi connectivity index (χ3n) is 3.86. The van der Waals surface area contributed by atoms with E-state index >= 15 is 0 Å². The summed E-state index contributed by atoms with van der Waals surface area (Å²) in [6, 6.07) is 7.58. The maximum absolute atomic E-state index is 12.0. The second kappa shape index (κ2) is 6.06. The van der Waals surface area contributed by atoms with Crippen molar-refractivity contribution in [1.29, 1.82) is 0 Å². The zero-order valence-electron chi connectivity index (χ0n) is 11.4. The molecule has 104 valence electrons. The van der Waals surface area contributed by atoms with Crippen LogP contribution in [0.15, 0.2) is 24.3 Å². The highest BCUT2D eigenvalue weighted by Crippen LogP contribution is 2.29. The highest BCUT2D eigenvalue weighted by atomic mass is 16.3. The lowest BCUT2D eigenvalue weighted by Crippen LogP contribution is -2.50. The number of urea groups is 1. The van der Waals surface area contributed by atoms with Crippen LogP contribution in [0.25, 0.3) is 0 Å². The molecule has 4 heteroatoms. The van der Waals surface area contributed by atoms with Crippen LogP contribution in [0.4, 0.5) is 10.5 Å². The van der Waals surface area contributed by atoms with E-state index in [4.69, 9.17) is 0 Å². The summed E-state index contributed by atoms with van der Waals surface area (Å²) in [5.74, 6) is 0. The van der Waals surface area contributed by atoms with Crippen molar-refractivity contribution < 1.29 is 9.90 Å². The van der Waals surface area contributed by atoms with Gasteiger partial charge in [-0.25, -0.2) is 4.79 Å². The monoisotopic (exact) mass is 262 g/mol. The number of rotatable bonds is 4. The van der Waals surface area contributed by atoms with Gasteiger partial charge in [-0.15, -0.1) is 0 Å². The van der Waals surface area contributed by atoms with Crippen LogP contribution in [0.3, 0.4) is 0 Å². The average Bonchev–Trinajstić information content (AvgIpc) is 2.88. The SMILES string of the molecule is CCc1ccc(NC(=O)NC2(CO)CCCC2)cc1. The van der Waals surface area contributed by atoms with Gasteiger partial charge in [0, 0.05) is 5.69 Å². The second-order valence-corrected chi connectivity index (χ2v) is 5.28. The third-order valence-corrected chi connectivity index (χ3v) is 3.86. The number of amides is 2. The zero-order chi connectivity index (χ0) is 13.7. The van der Waals surface area contributed by atoms with E-state index in [1.165, 1.54) is 5.56 Å². The van der Waals surface area contributed by atoms with E-state index in [1.54, 1.807) is 0 Å². The van der Waals surface area contributed by atoms with E-state index in [-0.39, 0.29) is 12.6 Å².